The van der Waals surface area contributed by atoms with Crippen LogP contribution in [0, 0.1) is 16.0 Å². The van der Waals surface area contributed by atoms with Crippen LogP contribution in [-0.2, 0) is 0 Å². The van der Waals surface area contributed by atoms with Crippen molar-refractivity contribution in [1.82, 2.24) is 5.32 Å². The van der Waals surface area contributed by atoms with Crippen LogP contribution in [0.4, 0.5) is 5.69 Å². The summed E-state index contributed by atoms with van der Waals surface area (Å²) in [6, 6.07) is 4.08. The van der Waals surface area contributed by atoms with E-state index in [0.29, 0.717) is 5.92 Å². The Balaban J connectivity index is 2.08. The number of hydrogen-bond acceptors (Lipinski definition) is 4. The smallest absolute Gasteiger partial charge is 0.311 e. The average Bonchev–Trinajstić information content (AvgIpc) is 3.07. The van der Waals surface area contributed by atoms with Gasteiger partial charge in [0, 0.05) is 12.1 Å². The van der Waals surface area contributed by atoms with Crippen LogP contribution in [0.2, 0.25) is 0 Å². The first kappa shape index (κ1) is 13.3. The average molecular weight is 264 g/mol. The Bertz CT molecular complexity index is 515. The van der Waals surface area contributed by atoms with Crippen LogP contribution in [0.15, 0.2) is 18.2 Å². The van der Waals surface area contributed by atoms with Crippen molar-refractivity contribution in [2.45, 2.75) is 32.2 Å². The van der Waals surface area contributed by atoms with Gasteiger partial charge in [0.05, 0.1) is 10.5 Å². The van der Waals surface area contributed by atoms with Crippen LogP contribution in [0.5, 0.6) is 5.75 Å². The van der Waals surface area contributed by atoms with Crippen LogP contribution in [0.25, 0.3) is 0 Å². The predicted octanol–water partition coefficient (Wildman–Crippen LogP) is 2.22. The Morgan fingerprint density at radius 2 is 2.32 bits per heavy atom. The normalized spacial score (nSPS) is 20.9. The molecule has 1 aliphatic rings. The zero-order chi connectivity index (χ0) is 14.0. The molecule has 1 fully saturated rings. The Hall–Kier alpha value is -2.11. The first-order chi connectivity index (χ1) is 9.04. The second kappa shape index (κ2) is 5.26. The highest BCUT2D eigenvalue weighted by Gasteiger charge is 2.37. The summed E-state index contributed by atoms with van der Waals surface area (Å²) < 4.78 is 0. The van der Waals surface area contributed by atoms with Gasteiger partial charge >= 0.3 is 5.69 Å². The van der Waals surface area contributed by atoms with Gasteiger partial charge < -0.3 is 10.4 Å². The number of phenolic OH excluding ortho intramolecular Hbond substituents is 1. The molecule has 2 unspecified atom stereocenters. The summed E-state index contributed by atoms with van der Waals surface area (Å²) in [4.78, 5) is 21.9. The lowest BCUT2D eigenvalue weighted by Gasteiger charge is -2.06. The molecule has 2 rings (SSSR count). The quantitative estimate of drug-likeness (QED) is 0.630. The Morgan fingerprint density at radius 3 is 2.95 bits per heavy atom. The van der Waals surface area contributed by atoms with Gasteiger partial charge in [0.15, 0.2) is 0 Å². The van der Waals surface area contributed by atoms with Gasteiger partial charge in [-0.05, 0) is 24.8 Å². The first-order valence-electron chi connectivity index (χ1n) is 6.31. The van der Waals surface area contributed by atoms with Gasteiger partial charge in [-0.15, -0.1) is 0 Å². The lowest BCUT2D eigenvalue weighted by molar-refractivity contribution is -0.385. The maximum absolute atomic E-state index is 11.9. The number of hydrogen-bond donors (Lipinski definition) is 2. The molecule has 0 spiro atoms. The number of nitrogens with zero attached hydrogens (tertiary/aromatic N) is 1. The number of para-hydroxylation sites is 1. The third kappa shape index (κ3) is 2.83. The summed E-state index contributed by atoms with van der Waals surface area (Å²) in [5, 5.41) is 23.2. The number of carbonyl (C=O) groups is 1. The predicted molar refractivity (Wildman–Crippen MR) is 69.0 cm³/mol. The number of aromatic hydroxyl groups is 1. The minimum Gasteiger partial charge on any atom is -0.502 e. The van der Waals surface area contributed by atoms with Crippen molar-refractivity contribution < 1.29 is 14.8 Å². The fourth-order valence-electron chi connectivity index (χ4n) is 2.22. The minimum atomic E-state index is -0.705. The zero-order valence-electron chi connectivity index (χ0n) is 10.6. The van der Waals surface area contributed by atoms with E-state index in [2.05, 4.69) is 12.2 Å². The third-order valence-corrected chi connectivity index (χ3v) is 3.35. The van der Waals surface area contributed by atoms with E-state index in [-0.39, 0.29) is 11.6 Å². The monoisotopic (exact) mass is 264 g/mol. The van der Waals surface area contributed by atoms with Crippen molar-refractivity contribution in [3.63, 3.8) is 0 Å². The van der Waals surface area contributed by atoms with Gasteiger partial charge in [0.2, 0.25) is 5.75 Å². The topological polar surface area (TPSA) is 92.5 Å². The molecule has 19 heavy (non-hydrogen) atoms. The number of nitro benzene ring substituents is 1. The molecule has 1 aromatic rings. The second-order valence-electron chi connectivity index (χ2n) is 4.79. The molecule has 6 heteroatoms. The fraction of sp³-hybridized carbons (Fsp3) is 0.462. The van der Waals surface area contributed by atoms with E-state index in [4.69, 9.17) is 0 Å². The molecule has 0 saturated heterocycles. The Labute approximate surface area is 110 Å². The standard InChI is InChI=1S/C13H16N2O4/c1-2-4-8-7-10(8)14-13(17)9-5-3-6-11(12(9)16)15(18)19/h3,5-6,8,10,16H,2,4,7H2,1H3,(H,14,17). The largest absolute Gasteiger partial charge is 0.502 e. The first-order valence-corrected chi connectivity index (χ1v) is 6.31. The minimum absolute atomic E-state index is 0.0450. The summed E-state index contributed by atoms with van der Waals surface area (Å²) in [6.45, 7) is 2.09. The molecule has 0 aromatic heterocycles. The highest BCUT2D eigenvalue weighted by atomic mass is 16.6. The van der Waals surface area contributed by atoms with E-state index in [1.165, 1.54) is 18.2 Å². The SMILES string of the molecule is CCCC1CC1NC(=O)c1cccc([N+](=O)[O-])c1O. The molecule has 1 saturated carbocycles. The summed E-state index contributed by atoms with van der Waals surface area (Å²) in [5.41, 5.74) is -0.495. The highest BCUT2D eigenvalue weighted by Crippen LogP contribution is 2.35. The number of benzene rings is 1. The molecule has 2 N–H and O–H groups in total. The van der Waals surface area contributed by atoms with Gasteiger partial charge in [-0.1, -0.05) is 19.4 Å². The molecule has 2 atom stereocenters. The number of carbonyl (C=O) groups excluding carboxylic acids is 1. The third-order valence-electron chi connectivity index (χ3n) is 3.35. The summed E-state index contributed by atoms with van der Waals surface area (Å²) in [5.74, 6) is -0.530. The molecular formula is C13H16N2O4. The van der Waals surface area contributed by atoms with Crippen LogP contribution < -0.4 is 5.32 Å². The maximum atomic E-state index is 11.9. The number of phenols is 1. The van der Waals surface area contributed by atoms with Crippen molar-refractivity contribution in [3.8, 4) is 5.75 Å². The molecule has 0 radical (unpaired) electrons. The highest BCUT2D eigenvalue weighted by molar-refractivity contribution is 5.98. The summed E-state index contributed by atoms with van der Waals surface area (Å²) in [7, 11) is 0. The van der Waals surface area contributed by atoms with Gasteiger partial charge in [-0.2, -0.15) is 0 Å². The second-order valence-corrected chi connectivity index (χ2v) is 4.79. The molecule has 102 valence electrons. The van der Waals surface area contributed by atoms with E-state index in [1.54, 1.807) is 0 Å². The number of nitro groups is 1. The van der Waals surface area contributed by atoms with Gasteiger partial charge in [-0.25, -0.2) is 0 Å². The molecule has 6 nitrogen and oxygen atoms in total. The molecule has 0 bridgehead atoms. The zero-order valence-corrected chi connectivity index (χ0v) is 10.6. The molecular weight excluding hydrogens is 248 g/mol. The molecule has 1 aromatic carbocycles. The fourth-order valence-corrected chi connectivity index (χ4v) is 2.22. The van der Waals surface area contributed by atoms with Crippen molar-refractivity contribution in [1.29, 1.82) is 0 Å². The molecule has 0 aliphatic heterocycles. The molecule has 1 amide bonds. The van der Waals surface area contributed by atoms with E-state index >= 15 is 0 Å². The van der Waals surface area contributed by atoms with Crippen LogP contribution in [0.1, 0.15) is 36.5 Å². The van der Waals surface area contributed by atoms with Crippen molar-refractivity contribution in [2.24, 2.45) is 5.92 Å². The maximum Gasteiger partial charge on any atom is 0.311 e. The number of amides is 1. The summed E-state index contributed by atoms with van der Waals surface area (Å²) >= 11 is 0. The van der Waals surface area contributed by atoms with Crippen LogP contribution in [0.3, 0.4) is 0 Å². The summed E-state index contributed by atoms with van der Waals surface area (Å²) in [6.07, 6.45) is 3.07. The van der Waals surface area contributed by atoms with Crippen molar-refractivity contribution in [3.05, 3.63) is 33.9 Å². The van der Waals surface area contributed by atoms with E-state index in [0.717, 1.165) is 19.3 Å². The number of nitrogens with one attached hydrogen (secondary N) is 1. The van der Waals surface area contributed by atoms with E-state index < -0.39 is 22.3 Å². The van der Waals surface area contributed by atoms with Crippen LogP contribution in [-0.4, -0.2) is 22.0 Å². The van der Waals surface area contributed by atoms with Crippen molar-refractivity contribution in [2.75, 3.05) is 0 Å². The molecule has 1 aliphatic carbocycles. The lowest BCUT2D eigenvalue weighted by Crippen LogP contribution is -2.27. The van der Waals surface area contributed by atoms with E-state index in [9.17, 15) is 20.0 Å². The Morgan fingerprint density at radius 1 is 1.58 bits per heavy atom. The lowest BCUT2D eigenvalue weighted by atomic mass is 10.1. The Kier molecular flexibility index (Phi) is 3.69. The van der Waals surface area contributed by atoms with Gasteiger partial charge in [0.25, 0.3) is 5.91 Å². The van der Waals surface area contributed by atoms with Crippen LogP contribution >= 0.6 is 0 Å². The van der Waals surface area contributed by atoms with Gasteiger partial charge in [-0.3, -0.25) is 14.9 Å². The number of rotatable bonds is 5. The van der Waals surface area contributed by atoms with Gasteiger partial charge in [0.1, 0.15) is 0 Å². The molecule has 0 heterocycles. The van der Waals surface area contributed by atoms with Crippen molar-refractivity contribution >= 4 is 11.6 Å². The van der Waals surface area contributed by atoms with E-state index in [1.807, 2.05) is 0 Å².